The molecular formula is C16H18INO. The Kier molecular flexibility index (Phi) is 5.66. The predicted octanol–water partition coefficient (Wildman–Crippen LogP) is 3.98. The van der Waals surface area contributed by atoms with Gasteiger partial charge in [-0.05, 0) is 52.9 Å². The molecule has 0 saturated carbocycles. The van der Waals surface area contributed by atoms with E-state index in [-0.39, 0.29) is 0 Å². The summed E-state index contributed by atoms with van der Waals surface area (Å²) in [6.45, 7) is 4.53. The van der Waals surface area contributed by atoms with Gasteiger partial charge in [0.25, 0.3) is 0 Å². The van der Waals surface area contributed by atoms with Crippen LogP contribution in [-0.2, 0) is 13.2 Å². The topological polar surface area (TPSA) is 21.3 Å². The van der Waals surface area contributed by atoms with Gasteiger partial charge in [-0.3, -0.25) is 0 Å². The SMILES string of the molecule is CCNCc1ccccc1OCc1ccc(I)cc1. The Bertz CT molecular complexity index is 510. The molecule has 0 spiro atoms. The maximum Gasteiger partial charge on any atom is 0.124 e. The molecule has 100 valence electrons. The molecule has 0 atom stereocenters. The third-order valence-corrected chi connectivity index (χ3v) is 3.56. The minimum atomic E-state index is 0.611. The summed E-state index contributed by atoms with van der Waals surface area (Å²) in [5, 5.41) is 3.33. The lowest BCUT2D eigenvalue weighted by molar-refractivity contribution is 0.302. The van der Waals surface area contributed by atoms with E-state index in [1.165, 1.54) is 14.7 Å². The van der Waals surface area contributed by atoms with Crippen LogP contribution >= 0.6 is 22.6 Å². The number of rotatable bonds is 6. The monoisotopic (exact) mass is 367 g/mol. The maximum absolute atomic E-state index is 5.92. The molecule has 2 aromatic carbocycles. The van der Waals surface area contributed by atoms with Crippen molar-refractivity contribution in [3.63, 3.8) is 0 Å². The third-order valence-electron chi connectivity index (χ3n) is 2.85. The first-order valence-electron chi connectivity index (χ1n) is 6.45. The largest absolute Gasteiger partial charge is 0.489 e. The van der Waals surface area contributed by atoms with E-state index < -0.39 is 0 Å². The summed E-state index contributed by atoms with van der Waals surface area (Å²) in [5.41, 5.74) is 2.40. The average Bonchev–Trinajstić information content (AvgIpc) is 2.45. The van der Waals surface area contributed by atoms with E-state index in [0.717, 1.165) is 18.8 Å². The minimum Gasteiger partial charge on any atom is -0.489 e. The highest BCUT2D eigenvalue weighted by atomic mass is 127. The second-order valence-electron chi connectivity index (χ2n) is 4.30. The number of halogens is 1. The highest BCUT2D eigenvalue weighted by molar-refractivity contribution is 14.1. The van der Waals surface area contributed by atoms with Crippen LogP contribution in [0.2, 0.25) is 0 Å². The molecule has 0 aliphatic rings. The zero-order valence-electron chi connectivity index (χ0n) is 11.0. The van der Waals surface area contributed by atoms with Gasteiger partial charge >= 0.3 is 0 Å². The van der Waals surface area contributed by atoms with Crippen LogP contribution in [-0.4, -0.2) is 6.54 Å². The Morgan fingerprint density at radius 2 is 1.79 bits per heavy atom. The van der Waals surface area contributed by atoms with Gasteiger partial charge in [0.2, 0.25) is 0 Å². The zero-order chi connectivity index (χ0) is 13.5. The van der Waals surface area contributed by atoms with Gasteiger partial charge in [-0.15, -0.1) is 0 Å². The zero-order valence-corrected chi connectivity index (χ0v) is 13.2. The van der Waals surface area contributed by atoms with Crippen molar-refractivity contribution in [2.75, 3.05) is 6.54 Å². The standard InChI is InChI=1S/C16H18INO/c1-2-18-11-14-5-3-4-6-16(14)19-12-13-7-9-15(17)10-8-13/h3-10,18H,2,11-12H2,1H3. The minimum absolute atomic E-state index is 0.611. The molecule has 0 amide bonds. The quantitative estimate of drug-likeness (QED) is 0.780. The molecule has 1 N–H and O–H groups in total. The van der Waals surface area contributed by atoms with Crippen molar-refractivity contribution in [2.24, 2.45) is 0 Å². The number of ether oxygens (including phenoxy) is 1. The number of benzene rings is 2. The van der Waals surface area contributed by atoms with Crippen molar-refractivity contribution in [2.45, 2.75) is 20.1 Å². The highest BCUT2D eigenvalue weighted by Gasteiger charge is 2.02. The van der Waals surface area contributed by atoms with E-state index in [9.17, 15) is 0 Å². The Hall–Kier alpha value is -1.07. The summed E-state index contributed by atoms with van der Waals surface area (Å²) in [6.07, 6.45) is 0. The molecule has 2 nitrogen and oxygen atoms in total. The van der Waals surface area contributed by atoms with E-state index in [1.54, 1.807) is 0 Å². The van der Waals surface area contributed by atoms with Crippen molar-refractivity contribution in [1.29, 1.82) is 0 Å². The van der Waals surface area contributed by atoms with Crippen molar-refractivity contribution < 1.29 is 4.74 Å². The van der Waals surface area contributed by atoms with Crippen LogP contribution in [0.4, 0.5) is 0 Å². The van der Waals surface area contributed by atoms with Gasteiger partial charge in [0.15, 0.2) is 0 Å². The van der Waals surface area contributed by atoms with Crippen molar-refractivity contribution in [3.8, 4) is 5.75 Å². The van der Waals surface area contributed by atoms with E-state index in [1.807, 2.05) is 18.2 Å². The third kappa shape index (κ3) is 4.51. The molecule has 0 aromatic heterocycles. The van der Waals surface area contributed by atoms with Crippen LogP contribution in [0.1, 0.15) is 18.1 Å². The van der Waals surface area contributed by atoms with Gasteiger partial charge in [-0.1, -0.05) is 37.3 Å². The van der Waals surface area contributed by atoms with Crippen molar-refractivity contribution in [1.82, 2.24) is 5.32 Å². The lowest BCUT2D eigenvalue weighted by Crippen LogP contribution is -2.12. The molecule has 2 aromatic rings. The Morgan fingerprint density at radius 1 is 1.05 bits per heavy atom. The molecule has 0 saturated heterocycles. The van der Waals surface area contributed by atoms with E-state index in [0.29, 0.717) is 6.61 Å². The first-order valence-corrected chi connectivity index (χ1v) is 7.53. The molecule has 3 heteroatoms. The summed E-state index contributed by atoms with van der Waals surface area (Å²) < 4.78 is 7.16. The second kappa shape index (κ2) is 7.50. The molecule has 0 bridgehead atoms. The lowest BCUT2D eigenvalue weighted by Gasteiger charge is -2.11. The van der Waals surface area contributed by atoms with Crippen LogP contribution < -0.4 is 10.1 Å². The fourth-order valence-electron chi connectivity index (χ4n) is 1.79. The summed E-state index contributed by atoms with van der Waals surface area (Å²) in [5.74, 6) is 0.960. The molecular weight excluding hydrogens is 349 g/mol. The predicted molar refractivity (Wildman–Crippen MR) is 87.3 cm³/mol. The van der Waals surface area contributed by atoms with Crippen LogP contribution in [0.5, 0.6) is 5.75 Å². The molecule has 0 radical (unpaired) electrons. The summed E-state index contributed by atoms with van der Waals surface area (Å²) in [6, 6.07) is 16.6. The van der Waals surface area contributed by atoms with Crippen LogP contribution in [0.15, 0.2) is 48.5 Å². The Balaban J connectivity index is 2.00. The van der Waals surface area contributed by atoms with Gasteiger partial charge in [0, 0.05) is 15.7 Å². The average molecular weight is 367 g/mol. The smallest absolute Gasteiger partial charge is 0.124 e. The van der Waals surface area contributed by atoms with Gasteiger partial charge in [0.1, 0.15) is 12.4 Å². The first kappa shape index (κ1) is 14.3. The van der Waals surface area contributed by atoms with Crippen molar-refractivity contribution in [3.05, 3.63) is 63.2 Å². The molecule has 19 heavy (non-hydrogen) atoms. The molecule has 0 aliphatic heterocycles. The number of hydrogen-bond donors (Lipinski definition) is 1. The normalized spacial score (nSPS) is 10.4. The summed E-state index contributed by atoms with van der Waals surface area (Å²) >= 11 is 2.31. The fourth-order valence-corrected chi connectivity index (χ4v) is 2.15. The van der Waals surface area contributed by atoms with Crippen LogP contribution in [0.25, 0.3) is 0 Å². The van der Waals surface area contributed by atoms with E-state index in [4.69, 9.17) is 4.74 Å². The lowest BCUT2D eigenvalue weighted by atomic mass is 10.2. The summed E-state index contributed by atoms with van der Waals surface area (Å²) in [4.78, 5) is 0. The first-order chi connectivity index (χ1) is 9.29. The van der Waals surface area contributed by atoms with Gasteiger partial charge in [0.05, 0.1) is 0 Å². The number of para-hydroxylation sites is 1. The number of hydrogen-bond acceptors (Lipinski definition) is 2. The van der Waals surface area contributed by atoms with E-state index >= 15 is 0 Å². The molecule has 0 unspecified atom stereocenters. The Labute approximate surface area is 128 Å². The summed E-state index contributed by atoms with van der Waals surface area (Å²) in [7, 11) is 0. The van der Waals surface area contributed by atoms with Crippen molar-refractivity contribution >= 4 is 22.6 Å². The highest BCUT2D eigenvalue weighted by Crippen LogP contribution is 2.19. The maximum atomic E-state index is 5.92. The van der Waals surface area contributed by atoms with E-state index in [2.05, 4.69) is 65.2 Å². The van der Waals surface area contributed by atoms with Crippen LogP contribution in [0, 0.1) is 3.57 Å². The molecule has 0 heterocycles. The fraction of sp³-hybridized carbons (Fsp3) is 0.250. The van der Waals surface area contributed by atoms with Gasteiger partial charge in [-0.2, -0.15) is 0 Å². The Morgan fingerprint density at radius 3 is 2.53 bits per heavy atom. The van der Waals surface area contributed by atoms with Crippen LogP contribution in [0.3, 0.4) is 0 Å². The van der Waals surface area contributed by atoms with Gasteiger partial charge in [-0.25, -0.2) is 0 Å². The van der Waals surface area contributed by atoms with Gasteiger partial charge < -0.3 is 10.1 Å². The molecule has 0 aliphatic carbocycles. The second-order valence-corrected chi connectivity index (χ2v) is 5.55. The molecule has 2 rings (SSSR count). The molecule has 0 fully saturated rings. The number of nitrogens with one attached hydrogen (secondary N) is 1.